The quantitative estimate of drug-likeness (QED) is 0.361. The van der Waals surface area contributed by atoms with Gasteiger partial charge in [-0.05, 0) is 66.2 Å². The Labute approximate surface area is 179 Å². The van der Waals surface area contributed by atoms with E-state index in [1.165, 1.54) is 37.3 Å². The second kappa shape index (κ2) is 8.60. The van der Waals surface area contributed by atoms with Crippen LogP contribution in [0.25, 0.3) is 21.9 Å². The SMILES string of the molecule is CCC[C@H]1CC[C@H](c2ccc3c(F)c(-c4ccc(C(F)(F)F)c(F)c4)ccc3c2)CC1. The van der Waals surface area contributed by atoms with Gasteiger partial charge in [-0.25, -0.2) is 8.78 Å². The Morgan fingerprint density at radius 1 is 0.871 bits per heavy atom. The van der Waals surface area contributed by atoms with Gasteiger partial charge in [0, 0.05) is 10.9 Å². The van der Waals surface area contributed by atoms with Crippen LogP contribution in [0.2, 0.25) is 0 Å². The highest BCUT2D eigenvalue weighted by atomic mass is 19.4. The van der Waals surface area contributed by atoms with Gasteiger partial charge in [-0.1, -0.05) is 56.2 Å². The Balaban J connectivity index is 1.62. The van der Waals surface area contributed by atoms with E-state index in [0.29, 0.717) is 17.4 Å². The van der Waals surface area contributed by atoms with E-state index >= 15 is 4.39 Å². The van der Waals surface area contributed by atoms with E-state index < -0.39 is 23.4 Å². The van der Waals surface area contributed by atoms with Crippen LogP contribution in [-0.2, 0) is 6.18 Å². The van der Waals surface area contributed by atoms with Gasteiger partial charge in [0.15, 0.2) is 0 Å². The Morgan fingerprint density at radius 3 is 2.26 bits per heavy atom. The second-order valence-corrected chi connectivity index (χ2v) is 8.61. The molecule has 0 N–H and O–H groups in total. The third kappa shape index (κ3) is 4.46. The van der Waals surface area contributed by atoms with Crippen molar-refractivity contribution < 1.29 is 22.0 Å². The van der Waals surface area contributed by atoms with E-state index in [1.807, 2.05) is 12.1 Å². The number of alkyl halides is 3. The van der Waals surface area contributed by atoms with Gasteiger partial charge in [0.25, 0.3) is 0 Å². The van der Waals surface area contributed by atoms with Crippen LogP contribution < -0.4 is 0 Å². The highest BCUT2D eigenvalue weighted by Crippen LogP contribution is 2.39. The number of hydrogen-bond donors (Lipinski definition) is 0. The van der Waals surface area contributed by atoms with Crippen molar-refractivity contribution in [1.29, 1.82) is 0 Å². The zero-order valence-corrected chi connectivity index (χ0v) is 17.4. The summed E-state index contributed by atoms with van der Waals surface area (Å²) in [5.74, 6) is -0.663. The fraction of sp³-hybridized carbons (Fsp3) is 0.385. The highest BCUT2D eigenvalue weighted by Gasteiger charge is 2.34. The molecule has 0 bridgehead atoms. The highest BCUT2D eigenvalue weighted by molar-refractivity contribution is 5.89. The van der Waals surface area contributed by atoms with Crippen molar-refractivity contribution in [3.8, 4) is 11.1 Å². The van der Waals surface area contributed by atoms with Crippen LogP contribution in [0, 0.1) is 17.6 Å². The molecule has 0 amide bonds. The maximum atomic E-state index is 15.2. The molecular formula is C26H25F5. The van der Waals surface area contributed by atoms with Crippen molar-refractivity contribution in [2.75, 3.05) is 0 Å². The van der Waals surface area contributed by atoms with E-state index in [-0.39, 0.29) is 11.1 Å². The standard InChI is InChI=1S/C26H25F5/c1-2-3-16-4-6-17(7-5-16)18-8-11-21-19(14-18)9-12-22(25(21)28)20-10-13-23(24(27)15-20)26(29,30)31/h8-17H,2-7H2,1H3/t16-,17-. The van der Waals surface area contributed by atoms with Crippen molar-refractivity contribution in [1.82, 2.24) is 0 Å². The number of benzene rings is 3. The lowest BCUT2D eigenvalue weighted by Gasteiger charge is -2.28. The summed E-state index contributed by atoms with van der Waals surface area (Å²) < 4.78 is 67.6. The van der Waals surface area contributed by atoms with Crippen LogP contribution in [0.5, 0.6) is 0 Å². The molecule has 0 radical (unpaired) electrons. The predicted octanol–water partition coefficient (Wildman–Crippen LogP) is 8.88. The first kappa shape index (κ1) is 21.8. The second-order valence-electron chi connectivity index (χ2n) is 8.61. The Hall–Kier alpha value is -2.43. The van der Waals surface area contributed by atoms with Crippen molar-refractivity contribution in [2.24, 2.45) is 5.92 Å². The normalized spacial score (nSPS) is 19.7. The maximum absolute atomic E-state index is 15.2. The molecule has 0 aliphatic heterocycles. The van der Waals surface area contributed by atoms with E-state index in [4.69, 9.17) is 0 Å². The first-order valence-corrected chi connectivity index (χ1v) is 10.9. The molecule has 0 aromatic heterocycles. The summed E-state index contributed by atoms with van der Waals surface area (Å²) in [5.41, 5.74) is 0.0297. The number of fused-ring (bicyclic) bond motifs is 1. The van der Waals surface area contributed by atoms with Gasteiger partial charge in [-0.2, -0.15) is 13.2 Å². The van der Waals surface area contributed by atoms with Gasteiger partial charge in [0.1, 0.15) is 11.6 Å². The molecule has 164 valence electrons. The monoisotopic (exact) mass is 432 g/mol. The van der Waals surface area contributed by atoms with Crippen molar-refractivity contribution in [3.05, 3.63) is 71.3 Å². The minimum Gasteiger partial charge on any atom is -0.206 e. The summed E-state index contributed by atoms with van der Waals surface area (Å²) in [6.07, 6.45) is 2.45. The lowest BCUT2D eigenvalue weighted by molar-refractivity contribution is -0.139. The number of halogens is 5. The molecule has 3 aromatic carbocycles. The molecule has 31 heavy (non-hydrogen) atoms. The lowest BCUT2D eigenvalue weighted by atomic mass is 9.77. The molecule has 4 rings (SSSR count). The third-order valence-electron chi connectivity index (χ3n) is 6.58. The Bertz CT molecular complexity index is 1080. The molecule has 1 aliphatic rings. The first-order chi connectivity index (χ1) is 14.8. The molecule has 0 nitrogen and oxygen atoms in total. The molecule has 0 spiro atoms. The largest absolute Gasteiger partial charge is 0.419 e. The predicted molar refractivity (Wildman–Crippen MR) is 114 cm³/mol. The van der Waals surface area contributed by atoms with Gasteiger partial charge >= 0.3 is 6.18 Å². The van der Waals surface area contributed by atoms with Crippen LogP contribution in [0.15, 0.2) is 48.5 Å². The molecule has 1 saturated carbocycles. The third-order valence-corrected chi connectivity index (χ3v) is 6.58. The molecule has 5 heteroatoms. The lowest BCUT2D eigenvalue weighted by Crippen LogP contribution is -2.13. The molecule has 0 heterocycles. The van der Waals surface area contributed by atoms with E-state index in [9.17, 15) is 17.6 Å². The minimum absolute atomic E-state index is 0.0863. The topological polar surface area (TPSA) is 0 Å². The van der Waals surface area contributed by atoms with Crippen molar-refractivity contribution in [2.45, 2.75) is 57.5 Å². The number of rotatable bonds is 4. The Morgan fingerprint density at radius 2 is 1.61 bits per heavy atom. The van der Waals surface area contributed by atoms with E-state index in [1.54, 1.807) is 12.1 Å². The summed E-state index contributed by atoms with van der Waals surface area (Å²) in [7, 11) is 0. The van der Waals surface area contributed by atoms with Gasteiger partial charge < -0.3 is 0 Å². The fourth-order valence-corrected chi connectivity index (χ4v) is 4.89. The van der Waals surface area contributed by atoms with Crippen LogP contribution in [-0.4, -0.2) is 0 Å². The van der Waals surface area contributed by atoms with Gasteiger partial charge in [0.05, 0.1) is 5.56 Å². The van der Waals surface area contributed by atoms with Gasteiger partial charge in [0.2, 0.25) is 0 Å². The zero-order chi connectivity index (χ0) is 22.2. The molecular weight excluding hydrogens is 407 g/mol. The van der Waals surface area contributed by atoms with E-state index in [0.717, 1.165) is 36.3 Å². The van der Waals surface area contributed by atoms with Crippen LogP contribution in [0.4, 0.5) is 22.0 Å². The van der Waals surface area contributed by atoms with Crippen molar-refractivity contribution >= 4 is 10.8 Å². The zero-order valence-electron chi connectivity index (χ0n) is 17.4. The summed E-state index contributed by atoms with van der Waals surface area (Å²) in [6, 6.07) is 11.5. The maximum Gasteiger partial charge on any atom is 0.419 e. The molecule has 3 aromatic rings. The minimum atomic E-state index is -4.78. The van der Waals surface area contributed by atoms with Crippen LogP contribution in [0.3, 0.4) is 0 Å². The average Bonchev–Trinajstić information content (AvgIpc) is 2.73. The summed E-state index contributed by atoms with van der Waals surface area (Å²) in [4.78, 5) is 0. The van der Waals surface area contributed by atoms with E-state index in [2.05, 4.69) is 6.92 Å². The Kier molecular flexibility index (Phi) is 6.05. The molecule has 0 unspecified atom stereocenters. The smallest absolute Gasteiger partial charge is 0.206 e. The van der Waals surface area contributed by atoms with Gasteiger partial charge in [-0.3, -0.25) is 0 Å². The molecule has 1 aliphatic carbocycles. The summed E-state index contributed by atoms with van der Waals surface area (Å²) in [5, 5.41) is 1.14. The van der Waals surface area contributed by atoms with Gasteiger partial charge in [-0.15, -0.1) is 0 Å². The fourth-order valence-electron chi connectivity index (χ4n) is 4.89. The van der Waals surface area contributed by atoms with Crippen LogP contribution in [0.1, 0.15) is 62.5 Å². The molecule has 1 fully saturated rings. The molecule has 0 saturated heterocycles. The average molecular weight is 432 g/mol. The first-order valence-electron chi connectivity index (χ1n) is 10.9. The number of hydrogen-bond acceptors (Lipinski definition) is 0. The summed E-state index contributed by atoms with van der Waals surface area (Å²) in [6.45, 7) is 2.22. The van der Waals surface area contributed by atoms with Crippen molar-refractivity contribution in [3.63, 3.8) is 0 Å². The molecule has 0 atom stereocenters. The van der Waals surface area contributed by atoms with Crippen LogP contribution >= 0.6 is 0 Å². The summed E-state index contributed by atoms with van der Waals surface area (Å²) >= 11 is 0.